The Morgan fingerprint density at radius 3 is 2.71 bits per heavy atom. The summed E-state index contributed by atoms with van der Waals surface area (Å²) in [6.45, 7) is 0. The van der Waals surface area contributed by atoms with Gasteiger partial charge in [-0.15, -0.1) is 0 Å². The van der Waals surface area contributed by atoms with Gasteiger partial charge in [0, 0.05) is 0 Å². The molecule has 0 aliphatic heterocycles. The molecule has 0 saturated heterocycles. The summed E-state index contributed by atoms with van der Waals surface area (Å²) in [5, 5.41) is 28.4. The van der Waals surface area contributed by atoms with Crippen LogP contribution in [0.4, 0.5) is 4.39 Å². The quantitative estimate of drug-likeness (QED) is 0.889. The van der Waals surface area contributed by atoms with E-state index in [1.807, 2.05) is 0 Å². The zero-order valence-electron chi connectivity index (χ0n) is 11.3. The number of nitrogens with zero attached hydrogens (tertiary/aromatic N) is 1. The molecule has 0 amide bonds. The second kappa shape index (κ2) is 4.78. The lowest BCUT2D eigenvalue weighted by atomic mass is 9.78. The number of hydrogen-bond acceptors (Lipinski definition) is 3. The predicted octanol–water partition coefficient (Wildman–Crippen LogP) is 3.19. The van der Waals surface area contributed by atoms with Crippen molar-refractivity contribution in [3.63, 3.8) is 0 Å². The van der Waals surface area contributed by atoms with E-state index in [0.29, 0.717) is 18.4 Å². The van der Waals surface area contributed by atoms with E-state index in [0.717, 1.165) is 17.5 Å². The number of aryl methyl sites for hydroxylation is 1. The SMILES string of the molecule is N#CC1(Cc2ccc(O)c(F)c2)CCc2cc(O)ccc21. The molecule has 4 heteroatoms. The largest absolute Gasteiger partial charge is 0.508 e. The summed E-state index contributed by atoms with van der Waals surface area (Å²) >= 11 is 0. The molecule has 21 heavy (non-hydrogen) atoms. The molecular formula is C17H14FNO2. The molecule has 0 radical (unpaired) electrons. The van der Waals surface area contributed by atoms with Gasteiger partial charge >= 0.3 is 0 Å². The Hall–Kier alpha value is -2.54. The van der Waals surface area contributed by atoms with Gasteiger partial charge in [-0.25, -0.2) is 4.39 Å². The van der Waals surface area contributed by atoms with E-state index in [1.54, 1.807) is 24.3 Å². The molecule has 1 atom stereocenters. The molecule has 0 heterocycles. The number of nitriles is 1. The van der Waals surface area contributed by atoms with Crippen molar-refractivity contribution in [2.75, 3.05) is 0 Å². The van der Waals surface area contributed by atoms with Crippen LogP contribution < -0.4 is 0 Å². The molecule has 2 aromatic carbocycles. The molecule has 0 fully saturated rings. The lowest BCUT2D eigenvalue weighted by molar-refractivity contribution is 0.431. The van der Waals surface area contributed by atoms with Crippen molar-refractivity contribution in [2.45, 2.75) is 24.7 Å². The molecule has 2 N–H and O–H groups in total. The van der Waals surface area contributed by atoms with E-state index in [-0.39, 0.29) is 11.5 Å². The highest BCUT2D eigenvalue weighted by Gasteiger charge is 2.39. The highest BCUT2D eigenvalue weighted by Crippen LogP contribution is 2.42. The van der Waals surface area contributed by atoms with Crippen molar-refractivity contribution in [2.24, 2.45) is 0 Å². The Morgan fingerprint density at radius 2 is 2.00 bits per heavy atom. The van der Waals surface area contributed by atoms with Gasteiger partial charge in [0.25, 0.3) is 0 Å². The van der Waals surface area contributed by atoms with E-state index >= 15 is 0 Å². The minimum atomic E-state index is -0.702. The van der Waals surface area contributed by atoms with Gasteiger partial charge in [0.15, 0.2) is 11.6 Å². The maximum absolute atomic E-state index is 13.5. The summed E-state index contributed by atoms with van der Waals surface area (Å²) in [7, 11) is 0. The Kier molecular flexibility index (Phi) is 3.06. The van der Waals surface area contributed by atoms with E-state index < -0.39 is 11.2 Å². The van der Waals surface area contributed by atoms with Crippen LogP contribution in [0.1, 0.15) is 23.1 Å². The van der Waals surface area contributed by atoms with Crippen LogP contribution in [0.15, 0.2) is 36.4 Å². The van der Waals surface area contributed by atoms with Gasteiger partial charge in [-0.05, 0) is 60.2 Å². The summed E-state index contributed by atoms with van der Waals surface area (Å²) < 4.78 is 13.5. The monoisotopic (exact) mass is 283 g/mol. The maximum Gasteiger partial charge on any atom is 0.165 e. The van der Waals surface area contributed by atoms with Crippen LogP contribution in [-0.4, -0.2) is 10.2 Å². The van der Waals surface area contributed by atoms with E-state index in [9.17, 15) is 19.9 Å². The average Bonchev–Trinajstić information content (AvgIpc) is 2.81. The zero-order valence-corrected chi connectivity index (χ0v) is 11.3. The number of phenols is 2. The minimum absolute atomic E-state index is 0.193. The molecule has 1 aliphatic rings. The van der Waals surface area contributed by atoms with Crippen LogP contribution in [0.2, 0.25) is 0 Å². The van der Waals surface area contributed by atoms with Gasteiger partial charge in [0.05, 0.1) is 11.5 Å². The maximum atomic E-state index is 13.5. The normalized spacial score (nSPS) is 20.0. The van der Waals surface area contributed by atoms with Crippen molar-refractivity contribution < 1.29 is 14.6 Å². The number of hydrogen-bond donors (Lipinski definition) is 2. The topological polar surface area (TPSA) is 64.2 Å². The fourth-order valence-corrected chi connectivity index (χ4v) is 3.08. The summed E-state index contributed by atoms with van der Waals surface area (Å²) in [6, 6.07) is 11.6. The van der Waals surface area contributed by atoms with E-state index in [4.69, 9.17) is 0 Å². The van der Waals surface area contributed by atoms with Gasteiger partial charge in [-0.2, -0.15) is 5.26 Å². The van der Waals surface area contributed by atoms with Crippen molar-refractivity contribution in [3.05, 3.63) is 58.9 Å². The highest BCUT2D eigenvalue weighted by molar-refractivity contribution is 5.48. The second-order valence-corrected chi connectivity index (χ2v) is 5.50. The van der Waals surface area contributed by atoms with Gasteiger partial charge in [0.1, 0.15) is 5.75 Å². The van der Waals surface area contributed by atoms with Crippen LogP contribution in [-0.2, 0) is 18.3 Å². The molecule has 106 valence electrons. The van der Waals surface area contributed by atoms with Crippen LogP contribution in [0.25, 0.3) is 0 Å². The van der Waals surface area contributed by atoms with Crippen molar-refractivity contribution >= 4 is 0 Å². The van der Waals surface area contributed by atoms with Gasteiger partial charge in [0.2, 0.25) is 0 Å². The number of benzene rings is 2. The molecule has 1 aliphatic carbocycles. The predicted molar refractivity (Wildman–Crippen MR) is 75.5 cm³/mol. The molecule has 1 unspecified atom stereocenters. The van der Waals surface area contributed by atoms with Crippen LogP contribution >= 0.6 is 0 Å². The molecule has 2 aromatic rings. The molecule has 3 nitrogen and oxygen atoms in total. The number of phenolic OH excluding ortho intramolecular Hbond substituents is 2. The highest BCUT2D eigenvalue weighted by atomic mass is 19.1. The first-order chi connectivity index (χ1) is 10.0. The molecular weight excluding hydrogens is 269 g/mol. The lowest BCUT2D eigenvalue weighted by Crippen LogP contribution is -2.23. The first-order valence-corrected chi connectivity index (χ1v) is 6.75. The van der Waals surface area contributed by atoms with E-state index in [1.165, 1.54) is 12.1 Å². The minimum Gasteiger partial charge on any atom is -0.508 e. The second-order valence-electron chi connectivity index (χ2n) is 5.50. The van der Waals surface area contributed by atoms with E-state index in [2.05, 4.69) is 6.07 Å². The molecule has 0 aromatic heterocycles. The third-order valence-corrected chi connectivity index (χ3v) is 4.16. The van der Waals surface area contributed by atoms with Gasteiger partial charge < -0.3 is 10.2 Å². The number of aromatic hydroxyl groups is 2. The summed E-state index contributed by atoms with van der Waals surface area (Å²) in [5.41, 5.74) is 1.84. The molecule has 0 bridgehead atoms. The first kappa shape index (κ1) is 13.4. The molecule has 0 spiro atoms. The van der Waals surface area contributed by atoms with Crippen LogP contribution in [0.3, 0.4) is 0 Å². The molecule has 0 saturated carbocycles. The lowest BCUT2D eigenvalue weighted by Gasteiger charge is -2.22. The van der Waals surface area contributed by atoms with Crippen LogP contribution in [0.5, 0.6) is 11.5 Å². The van der Waals surface area contributed by atoms with Gasteiger partial charge in [-0.3, -0.25) is 0 Å². The Balaban J connectivity index is 2.00. The third kappa shape index (κ3) is 2.21. The summed E-state index contributed by atoms with van der Waals surface area (Å²) in [4.78, 5) is 0. The number of rotatable bonds is 2. The van der Waals surface area contributed by atoms with Crippen molar-refractivity contribution in [1.29, 1.82) is 5.26 Å². The standard InChI is InChI=1S/C17H14FNO2/c18-15-7-11(1-4-16(15)21)9-17(10-19)6-5-12-8-13(20)2-3-14(12)17/h1-4,7-8,20-21H,5-6,9H2. The Labute approximate surface area is 121 Å². The molecule has 3 rings (SSSR count). The Morgan fingerprint density at radius 1 is 1.19 bits per heavy atom. The smallest absolute Gasteiger partial charge is 0.165 e. The number of fused-ring (bicyclic) bond motifs is 1. The fraction of sp³-hybridized carbons (Fsp3) is 0.235. The summed E-state index contributed by atoms with van der Waals surface area (Å²) in [6.07, 6.45) is 1.75. The first-order valence-electron chi connectivity index (χ1n) is 6.75. The van der Waals surface area contributed by atoms with Crippen LogP contribution in [0, 0.1) is 17.1 Å². The summed E-state index contributed by atoms with van der Waals surface area (Å²) in [5.74, 6) is -0.871. The number of halogens is 1. The fourth-order valence-electron chi connectivity index (χ4n) is 3.08. The third-order valence-electron chi connectivity index (χ3n) is 4.16. The van der Waals surface area contributed by atoms with Crippen molar-refractivity contribution in [1.82, 2.24) is 0 Å². The Bertz CT molecular complexity index is 751. The average molecular weight is 283 g/mol. The van der Waals surface area contributed by atoms with Gasteiger partial charge in [-0.1, -0.05) is 12.1 Å². The zero-order chi connectivity index (χ0) is 15.0. The van der Waals surface area contributed by atoms with Crippen molar-refractivity contribution in [3.8, 4) is 17.6 Å².